The molecule has 0 bridgehead atoms. The molecule has 0 radical (unpaired) electrons. The Hall–Kier alpha value is -3.68. The van der Waals surface area contributed by atoms with Crippen LogP contribution in [0.5, 0.6) is 11.5 Å². The van der Waals surface area contributed by atoms with Crippen molar-refractivity contribution in [2.45, 2.75) is 6.61 Å². The van der Waals surface area contributed by atoms with Gasteiger partial charge in [-0.1, -0.05) is 11.2 Å². The van der Waals surface area contributed by atoms with Crippen LogP contribution in [0, 0.1) is 5.82 Å². The molecular formula is C20H17FN2O5. The van der Waals surface area contributed by atoms with Gasteiger partial charge in [-0.05, 0) is 48.0 Å². The van der Waals surface area contributed by atoms with Crippen LogP contribution < -0.4 is 9.47 Å². The molecule has 0 saturated carbocycles. The summed E-state index contributed by atoms with van der Waals surface area (Å²) >= 11 is 0. The third kappa shape index (κ3) is 4.73. The zero-order valence-corrected chi connectivity index (χ0v) is 15.2. The Labute approximate surface area is 160 Å². The Morgan fingerprint density at radius 3 is 2.64 bits per heavy atom. The van der Waals surface area contributed by atoms with E-state index in [-0.39, 0.29) is 18.3 Å². The van der Waals surface area contributed by atoms with E-state index in [1.165, 1.54) is 32.4 Å². The van der Waals surface area contributed by atoms with Crippen molar-refractivity contribution < 1.29 is 27.9 Å². The topological polar surface area (TPSA) is 83.7 Å². The molecule has 0 aliphatic rings. The molecule has 0 unspecified atom stereocenters. The van der Waals surface area contributed by atoms with Crippen LogP contribution in [-0.4, -0.2) is 30.3 Å². The maximum absolute atomic E-state index is 13.0. The second-order valence-electron chi connectivity index (χ2n) is 5.58. The van der Waals surface area contributed by atoms with E-state index in [1.807, 2.05) is 0 Å². The molecule has 0 amide bonds. The predicted octanol–water partition coefficient (Wildman–Crippen LogP) is 3.65. The lowest BCUT2D eigenvalue weighted by atomic mass is 10.2. The molecule has 144 valence electrons. The quantitative estimate of drug-likeness (QED) is 0.454. The van der Waals surface area contributed by atoms with Crippen molar-refractivity contribution in [2.75, 3.05) is 14.2 Å². The normalized spacial score (nSPS) is 10.8. The summed E-state index contributed by atoms with van der Waals surface area (Å²) < 4.78 is 33.7. The minimum atomic E-state index is -0.451. The molecular weight excluding hydrogens is 367 g/mol. The van der Waals surface area contributed by atoms with Crippen molar-refractivity contribution in [1.29, 1.82) is 0 Å². The van der Waals surface area contributed by atoms with Crippen molar-refractivity contribution in [3.05, 3.63) is 65.7 Å². The summed E-state index contributed by atoms with van der Waals surface area (Å²) in [6.07, 6.45) is 2.91. The number of carbonyl (C=O) groups excluding carboxylic acids is 1. The summed E-state index contributed by atoms with van der Waals surface area (Å²) in [5.74, 6) is 0.766. The van der Waals surface area contributed by atoms with Crippen molar-refractivity contribution in [3.63, 3.8) is 0 Å². The summed E-state index contributed by atoms with van der Waals surface area (Å²) in [6, 6.07) is 10.9. The SMILES string of the molecule is COC(=O)/C=C/c1ccc(OCc2noc(-c3ccc(F)cc3)n2)c(OC)c1. The fourth-order valence-electron chi connectivity index (χ4n) is 2.30. The molecule has 0 aliphatic carbocycles. The molecule has 28 heavy (non-hydrogen) atoms. The van der Waals surface area contributed by atoms with Gasteiger partial charge in [-0.2, -0.15) is 4.98 Å². The lowest BCUT2D eigenvalue weighted by Gasteiger charge is -2.09. The van der Waals surface area contributed by atoms with Gasteiger partial charge < -0.3 is 18.7 Å². The van der Waals surface area contributed by atoms with Crippen molar-refractivity contribution in [3.8, 4) is 23.0 Å². The highest BCUT2D eigenvalue weighted by Crippen LogP contribution is 2.29. The summed E-state index contributed by atoms with van der Waals surface area (Å²) in [6.45, 7) is 0.0540. The first kappa shape index (κ1) is 19.1. The fraction of sp³-hybridized carbons (Fsp3) is 0.150. The highest BCUT2D eigenvalue weighted by Gasteiger charge is 2.11. The first-order valence-corrected chi connectivity index (χ1v) is 8.24. The van der Waals surface area contributed by atoms with Crippen LogP contribution >= 0.6 is 0 Å². The number of hydrogen-bond acceptors (Lipinski definition) is 7. The van der Waals surface area contributed by atoms with Gasteiger partial charge in [0.2, 0.25) is 5.82 Å². The number of benzene rings is 2. The van der Waals surface area contributed by atoms with Gasteiger partial charge in [0, 0.05) is 11.6 Å². The largest absolute Gasteiger partial charge is 0.493 e. The summed E-state index contributed by atoms with van der Waals surface area (Å²) in [5.41, 5.74) is 1.35. The Morgan fingerprint density at radius 1 is 1.14 bits per heavy atom. The number of esters is 1. The van der Waals surface area contributed by atoms with Gasteiger partial charge in [-0.15, -0.1) is 0 Å². The average molecular weight is 384 g/mol. The number of hydrogen-bond donors (Lipinski definition) is 0. The summed E-state index contributed by atoms with van der Waals surface area (Å²) in [4.78, 5) is 15.4. The third-order valence-electron chi connectivity index (χ3n) is 3.72. The Bertz CT molecular complexity index is 983. The van der Waals surface area contributed by atoms with Crippen LogP contribution in [0.2, 0.25) is 0 Å². The van der Waals surface area contributed by atoms with Gasteiger partial charge in [-0.3, -0.25) is 0 Å². The van der Waals surface area contributed by atoms with E-state index >= 15 is 0 Å². The number of aromatic nitrogens is 2. The molecule has 0 N–H and O–H groups in total. The Morgan fingerprint density at radius 2 is 1.93 bits per heavy atom. The van der Waals surface area contributed by atoms with Gasteiger partial charge in [-0.25, -0.2) is 9.18 Å². The molecule has 3 rings (SSSR count). The second-order valence-corrected chi connectivity index (χ2v) is 5.58. The maximum Gasteiger partial charge on any atom is 0.330 e. The molecule has 0 fully saturated rings. The first-order valence-electron chi connectivity index (χ1n) is 8.24. The minimum Gasteiger partial charge on any atom is -0.493 e. The molecule has 0 saturated heterocycles. The summed E-state index contributed by atoms with van der Waals surface area (Å²) in [7, 11) is 2.82. The molecule has 0 atom stereocenters. The van der Waals surface area contributed by atoms with Gasteiger partial charge in [0.05, 0.1) is 14.2 Å². The zero-order valence-electron chi connectivity index (χ0n) is 15.2. The van der Waals surface area contributed by atoms with E-state index in [2.05, 4.69) is 14.9 Å². The van der Waals surface area contributed by atoms with Crippen LogP contribution in [0.3, 0.4) is 0 Å². The molecule has 0 spiro atoms. The van der Waals surface area contributed by atoms with Crippen LogP contribution in [0.4, 0.5) is 4.39 Å². The number of methoxy groups -OCH3 is 2. The van der Waals surface area contributed by atoms with Gasteiger partial charge in [0.1, 0.15) is 5.82 Å². The predicted molar refractivity (Wildman–Crippen MR) is 98.1 cm³/mol. The van der Waals surface area contributed by atoms with E-state index in [1.54, 1.807) is 36.4 Å². The Kier molecular flexibility index (Phi) is 6.01. The van der Waals surface area contributed by atoms with E-state index in [0.29, 0.717) is 22.9 Å². The summed E-state index contributed by atoms with van der Waals surface area (Å²) in [5, 5.41) is 3.85. The van der Waals surface area contributed by atoms with E-state index in [4.69, 9.17) is 14.0 Å². The van der Waals surface area contributed by atoms with Crippen molar-refractivity contribution in [2.24, 2.45) is 0 Å². The molecule has 1 aromatic heterocycles. The maximum atomic E-state index is 13.0. The molecule has 1 heterocycles. The lowest BCUT2D eigenvalue weighted by molar-refractivity contribution is -0.134. The smallest absolute Gasteiger partial charge is 0.330 e. The number of nitrogens with zero attached hydrogens (tertiary/aromatic N) is 2. The molecule has 3 aromatic rings. The highest BCUT2D eigenvalue weighted by atomic mass is 19.1. The average Bonchev–Trinajstić information content (AvgIpc) is 3.20. The molecule has 2 aromatic carbocycles. The van der Waals surface area contributed by atoms with Crippen molar-refractivity contribution in [1.82, 2.24) is 10.1 Å². The van der Waals surface area contributed by atoms with Gasteiger partial charge in [0.25, 0.3) is 5.89 Å². The number of ether oxygens (including phenoxy) is 3. The molecule has 0 aliphatic heterocycles. The van der Waals surface area contributed by atoms with Gasteiger partial charge >= 0.3 is 5.97 Å². The van der Waals surface area contributed by atoms with E-state index in [9.17, 15) is 9.18 Å². The van der Waals surface area contributed by atoms with E-state index in [0.717, 1.165) is 5.56 Å². The number of halogens is 1. The fourth-order valence-corrected chi connectivity index (χ4v) is 2.30. The van der Waals surface area contributed by atoms with Crippen LogP contribution in [-0.2, 0) is 16.1 Å². The van der Waals surface area contributed by atoms with Gasteiger partial charge in [0.15, 0.2) is 18.1 Å². The Balaban J connectivity index is 1.68. The van der Waals surface area contributed by atoms with E-state index < -0.39 is 5.97 Å². The zero-order chi connectivity index (χ0) is 19.9. The molecule has 7 nitrogen and oxygen atoms in total. The monoisotopic (exact) mass is 384 g/mol. The van der Waals surface area contributed by atoms with Crippen LogP contribution in [0.1, 0.15) is 11.4 Å². The van der Waals surface area contributed by atoms with Crippen molar-refractivity contribution >= 4 is 12.0 Å². The standard InChI is InChI=1S/C20H17FN2O5/c1-25-17-11-13(4-10-19(24)26-2)3-9-16(17)27-12-18-22-20(28-23-18)14-5-7-15(21)8-6-14/h3-11H,12H2,1-2H3/b10-4+. The lowest BCUT2D eigenvalue weighted by Crippen LogP contribution is -2.00. The number of carbonyl (C=O) groups is 1. The van der Waals surface area contributed by atoms with Crippen LogP contribution in [0.15, 0.2) is 53.1 Å². The number of rotatable bonds is 7. The minimum absolute atomic E-state index is 0.0540. The third-order valence-corrected chi connectivity index (χ3v) is 3.72. The van der Waals surface area contributed by atoms with Crippen LogP contribution in [0.25, 0.3) is 17.5 Å². The first-order chi connectivity index (χ1) is 13.6. The second kappa shape index (κ2) is 8.81. The molecule has 8 heteroatoms. The highest BCUT2D eigenvalue weighted by molar-refractivity contribution is 5.87.